The van der Waals surface area contributed by atoms with Gasteiger partial charge in [-0.1, -0.05) is 103 Å². The summed E-state index contributed by atoms with van der Waals surface area (Å²) in [5, 5.41) is 35.2. The number of nitrogens with zero attached hydrogens (tertiary/aromatic N) is 3. The molecule has 0 heterocycles. The number of benzene rings is 5. The molecule has 0 amide bonds. The average molecular weight is 482 g/mol. The van der Waals surface area contributed by atoms with Crippen molar-refractivity contribution < 1.29 is 0 Å². The molecule has 5 aromatic carbocycles. The van der Waals surface area contributed by atoms with Gasteiger partial charge < -0.3 is 0 Å². The van der Waals surface area contributed by atoms with E-state index in [0.29, 0.717) is 33.4 Å². The number of nitriles is 3. The van der Waals surface area contributed by atoms with E-state index in [1.54, 1.807) is 0 Å². The third kappa shape index (κ3) is 3.84. The summed E-state index contributed by atoms with van der Waals surface area (Å²) < 4.78 is 0. The lowest BCUT2D eigenvalue weighted by molar-refractivity contribution is 1.51. The van der Waals surface area contributed by atoms with Crippen molar-refractivity contribution in [2.24, 2.45) is 0 Å². The first kappa shape index (κ1) is 22.8. The van der Waals surface area contributed by atoms with Crippen LogP contribution in [0.2, 0.25) is 0 Å². The molecule has 1 fully saturated rings. The van der Waals surface area contributed by atoms with Crippen LogP contribution in [0.1, 0.15) is 16.7 Å². The molecule has 1 aliphatic rings. The Hall–Kier alpha value is -5.69. The smallest absolute Gasteiger partial charge is 0.100 e. The number of fused-ring (bicyclic) bond motifs is 2. The Bertz CT molecular complexity index is 1870. The van der Waals surface area contributed by atoms with Gasteiger partial charge in [-0.3, -0.25) is 0 Å². The molecule has 0 aromatic heterocycles. The molecule has 5 aromatic rings. The van der Waals surface area contributed by atoms with Gasteiger partial charge >= 0.3 is 0 Å². The van der Waals surface area contributed by atoms with E-state index in [1.165, 1.54) is 0 Å². The zero-order valence-corrected chi connectivity index (χ0v) is 20.3. The second kappa shape index (κ2) is 9.40. The lowest BCUT2D eigenvalue weighted by Crippen LogP contribution is -1.84. The SMILES string of the molecule is N#CC(=C1C(=C(\C#N)c2ccccc2)/C1=C(\C#N)c1ccc2ccccc2c1)c1ccc2ccccc2c1. The molecule has 0 unspecified atom stereocenters. The fourth-order valence-electron chi connectivity index (χ4n) is 5.03. The van der Waals surface area contributed by atoms with Gasteiger partial charge in [0.1, 0.15) is 18.2 Å². The number of rotatable bonds is 3. The van der Waals surface area contributed by atoms with Crippen LogP contribution < -0.4 is 0 Å². The Morgan fingerprint density at radius 3 is 1.16 bits per heavy atom. The summed E-state index contributed by atoms with van der Waals surface area (Å²) in [5.41, 5.74) is 5.62. The predicted molar refractivity (Wildman–Crippen MR) is 152 cm³/mol. The summed E-state index contributed by atoms with van der Waals surface area (Å²) in [6, 6.07) is 44.4. The fraction of sp³-hybridized carbons (Fsp3) is 0. The molecule has 0 N–H and O–H groups in total. The largest absolute Gasteiger partial charge is 0.192 e. The number of hydrogen-bond donors (Lipinski definition) is 0. The van der Waals surface area contributed by atoms with Gasteiger partial charge in [-0.25, -0.2) is 0 Å². The van der Waals surface area contributed by atoms with Gasteiger partial charge in [0.2, 0.25) is 0 Å². The summed E-state index contributed by atoms with van der Waals surface area (Å²) in [7, 11) is 0. The highest BCUT2D eigenvalue weighted by molar-refractivity contribution is 6.12. The highest BCUT2D eigenvalue weighted by Crippen LogP contribution is 2.56. The maximum atomic E-state index is 10.4. The second-order valence-electron chi connectivity index (χ2n) is 9.08. The maximum Gasteiger partial charge on any atom is 0.100 e. The van der Waals surface area contributed by atoms with Gasteiger partial charge in [-0.2, -0.15) is 15.8 Å². The van der Waals surface area contributed by atoms with Gasteiger partial charge in [0.05, 0.1) is 16.7 Å². The lowest BCUT2D eigenvalue weighted by atomic mass is 9.99. The molecule has 3 nitrogen and oxygen atoms in total. The van der Waals surface area contributed by atoms with Crippen molar-refractivity contribution in [3.63, 3.8) is 0 Å². The standard InChI is InChI=1S/C35H19N3/c36-20-30(25-10-2-1-3-11-25)33-34(31(21-37)28-16-14-23-8-4-6-12-26(23)18-28)35(33)32(22-38)29-17-15-24-9-5-7-13-27(24)19-29/h1-19H/b33-30-,34-31?,35-32-. The normalized spacial score (nSPS) is 16.2. The Morgan fingerprint density at radius 2 is 0.737 bits per heavy atom. The van der Waals surface area contributed by atoms with E-state index in [-0.39, 0.29) is 0 Å². The molecule has 0 atom stereocenters. The van der Waals surface area contributed by atoms with Crippen LogP contribution in [-0.4, -0.2) is 0 Å². The van der Waals surface area contributed by atoms with Crippen molar-refractivity contribution in [2.45, 2.75) is 0 Å². The van der Waals surface area contributed by atoms with E-state index in [1.807, 2.05) is 115 Å². The van der Waals surface area contributed by atoms with E-state index < -0.39 is 0 Å². The van der Waals surface area contributed by atoms with E-state index in [2.05, 4.69) is 18.2 Å². The minimum absolute atomic E-state index is 0.456. The van der Waals surface area contributed by atoms with Gasteiger partial charge in [-0.05, 0) is 50.4 Å². The molecular weight excluding hydrogens is 462 g/mol. The van der Waals surface area contributed by atoms with Gasteiger partial charge in [0, 0.05) is 16.7 Å². The summed E-state index contributed by atoms with van der Waals surface area (Å²) in [6.45, 7) is 0. The van der Waals surface area contributed by atoms with Crippen molar-refractivity contribution >= 4 is 38.3 Å². The van der Waals surface area contributed by atoms with Crippen molar-refractivity contribution in [1.82, 2.24) is 0 Å². The first-order chi connectivity index (χ1) is 18.7. The molecule has 6 rings (SSSR count). The summed E-state index contributed by atoms with van der Waals surface area (Å²) in [4.78, 5) is 0. The fourth-order valence-corrected chi connectivity index (χ4v) is 5.03. The molecule has 38 heavy (non-hydrogen) atoms. The van der Waals surface area contributed by atoms with Crippen LogP contribution >= 0.6 is 0 Å². The quantitative estimate of drug-likeness (QED) is 0.244. The zero-order chi connectivity index (χ0) is 26.1. The van der Waals surface area contributed by atoms with Crippen molar-refractivity contribution in [3.8, 4) is 18.2 Å². The third-order valence-corrected chi connectivity index (χ3v) is 6.91. The minimum Gasteiger partial charge on any atom is -0.192 e. The molecule has 0 radical (unpaired) electrons. The predicted octanol–water partition coefficient (Wildman–Crippen LogP) is 8.24. The molecule has 3 heteroatoms. The van der Waals surface area contributed by atoms with Crippen LogP contribution in [0.25, 0.3) is 38.3 Å². The molecule has 0 saturated heterocycles. The third-order valence-electron chi connectivity index (χ3n) is 6.91. The van der Waals surface area contributed by atoms with Crippen molar-refractivity contribution in [3.05, 3.63) is 149 Å². The maximum absolute atomic E-state index is 10.4. The topological polar surface area (TPSA) is 71.4 Å². The summed E-state index contributed by atoms with van der Waals surface area (Å²) in [6.07, 6.45) is 0. The van der Waals surface area contributed by atoms with Crippen LogP contribution in [0, 0.1) is 34.0 Å². The highest BCUT2D eigenvalue weighted by atomic mass is 14.4. The molecule has 1 aliphatic carbocycles. The monoisotopic (exact) mass is 481 g/mol. The molecule has 0 spiro atoms. The second-order valence-corrected chi connectivity index (χ2v) is 9.08. The van der Waals surface area contributed by atoms with Crippen molar-refractivity contribution in [2.75, 3.05) is 0 Å². The Balaban J connectivity index is 1.66. The highest BCUT2D eigenvalue weighted by Gasteiger charge is 2.41. The zero-order valence-electron chi connectivity index (χ0n) is 20.3. The first-order valence-corrected chi connectivity index (χ1v) is 12.2. The first-order valence-electron chi connectivity index (χ1n) is 12.2. The van der Waals surface area contributed by atoms with E-state index in [4.69, 9.17) is 0 Å². The van der Waals surface area contributed by atoms with Crippen LogP contribution in [-0.2, 0) is 0 Å². The van der Waals surface area contributed by atoms with Crippen LogP contribution in [0.5, 0.6) is 0 Å². The van der Waals surface area contributed by atoms with Crippen molar-refractivity contribution in [1.29, 1.82) is 15.8 Å². The molecule has 0 bridgehead atoms. The number of hydrogen-bond acceptors (Lipinski definition) is 3. The molecular formula is C35H19N3. The van der Waals surface area contributed by atoms with E-state index in [0.717, 1.165) is 38.2 Å². The van der Waals surface area contributed by atoms with Crippen LogP contribution in [0.3, 0.4) is 0 Å². The van der Waals surface area contributed by atoms with Gasteiger partial charge in [-0.15, -0.1) is 0 Å². The molecule has 174 valence electrons. The van der Waals surface area contributed by atoms with Crippen LogP contribution in [0.4, 0.5) is 0 Å². The Kier molecular flexibility index (Phi) is 5.63. The summed E-state index contributed by atoms with van der Waals surface area (Å²) >= 11 is 0. The average Bonchev–Trinajstić information content (AvgIpc) is 3.68. The minimum atomic E-state index is 0.456. The van der Waals surface area contributed by atoms with Crippen LogP contribution in [0.15, 0.2) is 132 Å². The summed E-state index contributed by atoms with van der Waals surface area (Å²) in [5.74, 6) is 0. The van der Waals surface area contributed by atoms with E-state index in [9.17, 15) is 15.8 Å². The Morgan fingerprint density at radius 1 is 0.368 bits per heavy atom. The Labute approximate surface area is 220 Å². The molecule has 1 saturated carbocycles. The lowest BCUT2D eigenvalue weighted by Gasteiger charge is -2.03. The van der Waals surface area contributed by atoms with E-state index >= 15 is 0 Å². The van der Waals surface area contributed by atoms with Gasteiger partial charge in [0.25, 0.3) is 0 Å². The number of allylic oxidation sites excluding steroid dienone is 6. The molecule has 0 aliphatic heterocycles. The van der Waals surface area contributed by atoms with Gasteiger partial charge in [0.15, 0.2) is 0 Å².